The van der Waals surface area contributed by atoms with E-state index in [0.29, 0.717) is 22.9 Å². The fourth-order valence-electron chi connectivity index (χ4n) is 1.56. The van der Waals surface area contributed by atoms with Gasteiger partial charge < -0.3 is 5.32 Å². The van der Waals surface area contributed by atoms with Crippen molar-refractivity contribution in [1.29, 1.82) is 5.26 Å². The molecule has 0 bridgehead atoms. The van der Waals surface area contributed by atoms with Crippen LogP contribution in [0.25, 0.3) is 0 Å². The summed E-state index contributed by atoms with van der Waals surface area (Å²) < 4.78 is 13.1. The van der Waals surface area contributed by atoms with Crippen LogP contribution in [0, 0.1) is 31.0 Å². The maximum absolute atomic E-state index is 13.1. The second-order valence-electron chi connectivity index (χ2n) is 3.89. The van der Waals surface area contributed by atoms with Gasteiger partial charge in [0.15, 0.2) is 0 Å². The van der Waals surface area contributed by atoms with Crippen LogP contribution in [0.5, 0.6) is 0 Å². The zero-order valence-electron chi connectivity index (χ0n) is 10.0. The summed E-state index contributed by atoms with van der Waals surface area (Å²) >= 11 is 0. The van der Waals surface area contributed by atoms with Crippen LogP contribution in [0.4, 0.5) is 15.9 Å². The predicted octanol–water partition coefficient (Wildman–Crippen LogP) is 2.85. The molecule has 5 heteroatoms. The van der Waals surface area contributed by atoms with E-state index in [2.05, 4.69) is 15.3 Å². The van der Waals surface area contributed by atoms with E-state index in [9.17, 15) is 4.39 Å². The van der Waals surface area contributed by atoms with Crippen molar-refractivity contribution in [3.63, 3.8) is 0 Å². The Bertz CT molecular complexity index is 631. The minimum Gasteiger partial charge on any atom is -0.340 e. The van der Waals surface area contributed by atoms with E-state index in [1.807, 2.05) is 6.07 Å². The minimum absolute atomic E-state index is 0.253. The van der Waals surface area contributed by atoms with Crippen LogP contribution in [0.15, 0.2) is 24.3 Å². The third-order valence-corrected chi connectivity index (χ3v) is 2.38. The van der Waals surface area contributed by atoms with Gasteiger partial charge in [-0.1, -0.05) is 0 Å². The van der Waals surface area contributed by atoms with Crippen LogP contribution in [-0.2, 0) is 0 Å². The first-order chi connectivity index (χ1) is 8.58. The molecule has 1 heterocycles. The van der Waals surface area contributed by atoms with Crippen molar-refractivity contribution >= 4 is 11.5 Å². The molecular formula is C13H11FN4. The molecule has 0 atom stereocenters. The monoisotopic (exact) mass is 242 g/mol. The van der Waals surface area contributed by atoms with E-state index >= 15 is 0 Å². The lowest BCUT2D eigenvalue weighted by Gasteiger charge is -2.07. The fraction of sp³-hybridized carbons (Fsp3) is 0.154. The molecule has 0 saturated heterocycles. The van der Waals surface area contributed by atoms with Crippen molar-refractivity contribution in [3.05, 3.63) is 47.2 Å². The smallest absolute Gasteiger partial charge is 0.146 e. The van der Waals surface area contributed by atoms with Crippen LogP contribution in [0.1, 0.15) is 17.1 Å². The molecule has 0 amide bonds. The van der Waals surface area contributed by atoms with Crippen molar-refractivity contribution in [2.75, 3.05) is 5.32 Å². The highest BCUT2D eigenvalue weighted by molar-refractivity contribution is 5.57. The first kappa shape index (κ1) is 12.0. The summed E-state index contributed by atoms with van der Waals surface area (Å²) in [7, 11) is 0. The quantitative estimate of drug-likeness (QED) is 0.879. The predicted molar refractivity (Wildman–Crippen MR) is 65.9 cm³/mol. The second kappa shape index (κ2) is 4.80. The molecule has 1 aromatic heterocycles. The van der Waals surface area contributed by atoms with Gasteiger partial charge in [-0.2, -0.15) is 5.26 Å². The summed E-state index contributed by atoms with van der Waals surface area (Å²) in [5.74, 6) is 0.776. The Kier molecular flexibility index (Phi) is 3.20. The van der Waals surface area contributed by atoms with Crippen LogP contribution in [0.3, 0.4) is 0 Å². The van der Waals surface area contributed by atoms with Crippen LogP contribution >= 0.6 is 0 Å². The van der Waals surface area contributed by atoms with Gasteiger partial charge in [0, 0.05) is 11.8 Å². The zero-order chi connectivity index (χ0) is 13.1. The molecule has 0 aliphatic heterocycles. The van der Waals surface area contributed by atoms with Crippen LogP contribution in [0.2, 0.25) is 0 Å². The average molecular weight is 242 g/mol. The van der Waals surface area contributed by atoms with E-state index in [0.717, 1.165) is 5.69 Å². The number of nitriles is 1. The maximum atomic E-state index is 13.1. The van der Waals surface area contributed by atoms with E-state index in [-0.39, 0.29) is 5.82 Å². The van der Waals surface area contributed by atoms with Gasteiger partial charge in [-0.05, 0) is 37.6 Å². The van der Waals surface area contributed by atoms with Crippen molar-refractivity contribution in [3.8, 4) is 6.07 Å². The van der Waals surface area contributed by atoms with Gasteiger partial charge in [-0.15, -0.1) is 0 Å². The van der Waals surface area contributed by atoms with Crippen molar-refractivity contribution in [2.24, 2.45) is 0 Å². The molecular weight excluding hydrogens is 231 g/mol. The SMILES string of the molecule is Cc1nc(C#N)cc(Nc2ccc(F)c(C)c2)n1. The highest BCUT2D eigenvalue weighted by atomic mass is 19.1. The number of nitrogens with zero attached hydrogens (tertiary/aromatic N) is 3. The van der Waals surface area contributed by atoms with Crippen LogP contribution in [-0.4, -0.2) is 9.97 Å². The molecule has 0 aliphatic carbocycles. The first-order valence-electron chi connectivity index (χ1n) is 5.37. The van der Waals surface area contributed by atoms with Gasteiger partial charge >= 0.3 is 0 Å². The van der Waals surface area contributed by atoms with Gasteiger partial charge in [-0.3, -0.25) is 0 Å². The van der Waals surface area contributed by atoms with E-state index < -0.39 is 0 Å². The number of aryl methyl sites for hydroxylation is 2. The number of rotatable bonds is 2. The highest BCUT2D eigenvalue weighted by Gasteiger charge is 2.03. The largest absolute Gasteiger partial charge is 0.340 e. The molecule has 2 aromatic rings. The lowest BCUT2D eigenvalue weighted by Crippen LogP contribution is -1.99. The highest BCUT2D eigenvalue weighted by Crippen LogP contribution is 2.18. The maximum Gasteiger partial charge on any atom is 0.146 e. The molecule has 4 nitrogen and oxygen atoms in total. The molecule has 18 heavy (non-hydrogen) atoms. The van der Waals surface area contributed by atoms with E-state index in [1.54, 1.807) is 32.0 Å². The topological polar surface area (TPSA) is 61.6 Å². The van der Waals surface area contributed by atoms with E-state index in [4.69, 9.17) is 5.26 Å². The van der Waals surface area contributed by atoms with Gasteiger partial charge in [-0.25, -0.2) is 14.4 Å². The summed E-state index contributed by atoms with van der Waals surface area (Å²) in [5, 5.41) is 11.8. The summed E-state index contributed by atoms with van der Waals surface area (Å²) in [4.78, 5) is 8.12. The molecule has 0 aliphatic rings. The number of anilines is 2. The Morgan fingerprint density at radius 2 is 2.00 bits per heavy atom. The molecule has 1 aromatic carbocycles. The average Bonchev–Trinajstić information content (AvgIpc) is 2.33. The Morgan fingerprint density at radius 3 is 2.67 bits per heavy atom. The fourth-order valence-corrected chi connectivity index (χ4v) is 1.56. The summed E-state index contributed by atoms with van der Waals surface area (Å²) in [6.45, 7) is 3.40. The molecule has 0 radical (unpaired) electrons. The Morgan fingerprint density at radius 1 is 1.22 bits per heavy atom. The van der Waals surface area contributed by atoms with Crippen LogP contribution < -0.4 is 5.32 Å². The molecule has 0 fully saturated rings. The first-order valence-corrected chi connectivity index (χ1v) is 5.37. The van der Waals surface area contributed by atoms with E-state index in [1.165, 1.54) is 6.07 Å². The Labute approximate surface area is 104 Å². The Hall–Kier alpha value is -2.48. The van der Waals surface area contributed by atoms with Gasteiger partial charge in [0.05, 0.1) is 0 Å². The summed E-state index contributed by atoms with van der Waals surface area (Å²) in [6, 6.07) is 8.19. The lowest BCUT2D eigenvalue weighted by atomic mass is 10.2. The number of hydrogen-bond acceptors (Lipinski definition) is 4. The number of halogens is 1. The standard InChI is InChI=1S/C13H11FN4/c1-8-5-10(3-4-12(8)14)18-13-6-11(7-15)16-9(2)17-13/h3-6H,1-2H3,(H,16,17,18). The third-order valence-electron chi connectivity index (χ3n) is 2.38. The number of nitrogens with one attached hydrogen (secondary N) is 1. The normalized spacial score (nSPS) is 9.89. The zero-order valence-corrected chi connectivity index (χ0v) is 10.0. The lowest BCUT2D eigenvalue weighted by molar-refractivity contribution is 0.619. The summed E-state index contributed by atoms with van der Waals surface area (Å²) in [6.07, 6.45) is 0. The Balaban J connectivity index is 2.31. The summed E-state index contributed by atoms with van der Waals surface area (Å²) in [5.41, 5.74) is 1.56. The minimum atomic E-state index is -0.253. The number of hydrogen-bond donors (Lipinski definition) is 1. The van der Waals surface area contributed by atoms with Crippen molar-refractivity contribution in [1.82, 2.24) is 9.97 Å². The van der Waals surface area contributed by atoms with Crippen molar-refractivity contribution in [2.45, 2.75) is 13.8 Å². The molecule has 2 rings (SSSR count). The second-order valence-corrected chi connectivity index (χ2v) is 3.89. The molecule has 0 spiro atoms. The van der Waals surface area contributed by atoms with Crippen molar-refractivity contribution < 1.29 is 4.39 Å². The number of aromatic nitrogens is 2. The molecule has 0 unspecified atom stereocenters. The molecule has 90 valence electrons. The van der Waals surface area contributed by atoms with Gasteiger partial charge in [0.1, 0.15) is 29.2 Å². The number of benzene rings is 1. The van der Waals surface area contributed by atoms with Gasteiger partial charge in [0.25, 0.3) is 0 Å². The molecule has 1 N–H and O–H groups in total. The van der Waals surface area contributed by atoms with Gasteiger partial charge in [0.2, 0.25) is 0 Å². The molecule has 0 saturated carbocycles. The third kappa shape index (κ3) is 2.61.